The highest BCUT2D eigenvalue weighted by Crippen LogP contribution is 2.31. The van der Waals surface area contributed by atoms with Crippen LogP contribution in [0.4, 0.5) is 0 Å². The van der Waals surface area contributed by atoms with Crippen molar-refractivity contribution in [3.8, 4) is 11.1 Å². The second-order valence-corrected chi connectivity index (χ2v) is 9.07. The lowest BCUT2D eigenvalue weighted by Gasteiger charge is -2.09. The van der Waals surface area contributed by atoms with Crippen LogP contribution < -0.4 is 5.32 Å². The van der Waals surface area contributed by atoms with E-state index in [9.17, 15) is 9.59 Å². The zero-order valence-corrected chi connectivity index (χ0v) is 20.6. The molecule has 0 saturated carbocycles. The number of nitrogens with one attached hydrogen (secondary N) is 1. The van der Waals surface area contributed by atoms with Gasteiger partial charge >= 0.3 is 5.97 Å². The molecule has 0 unspecified atom stereocenters. The Labute approximate surface area is 206 Å². The molecule has 0 saturated heterocycles. The van der Waals surface area contributed by atoms with Crippen molar-refractivity contribution in [3.63, 3.8) is 0 Å². The molecular weight excluding hydrogens is 436 g/mol. The van der Waals surface area contributed by atoms with Crippen LogP contribution in [-0.4, -0.2) is 30.1 Å². The van der Waals surface area contributed by atoms with Crippen molar-refractivity contribution in [1.82, 2.24) is 9.88 Å². The molecule has 0 atom stereocenters. The van der Waals surface area contributed by atoms with E-state index in [1.807, 2.05) is 60.7 Å². The van der Waals surface area contributed by atoms with Gasteiger partial charge in [-0.25, -0.2) is 4.79 Å². The fraction of sp³-hybridized carbons (Fsp3) is 0.267. The molecule has 4 rings (SSSR count). The first kappa shape index (κ1) is 24.3. The van der Waals surface area contributed by atoms with Gasteiger partial charge in [0.2, 0.25) is 0 Å². The Balaban J connectivity index is 1.42. The summed E-state index contributed by atoms with van der Waals surface area (Å²) < 4.78 is 7.11. The minimum atomic E-state index is -0.343. The number of hydrogen-bond donors (Lipinski definition) is 1. The normalized spacial score (nSPS) is 11.1. The van der Waals surface area contributed by atoms with E-state index in [1.54, 1.807) is 0 Å². The number of ether oxygens (including phenoxy) is 1. The highest BCUT2D eigenvalue weighted by Gasteiger charge is 2.14. The molecule has 0 aliphatic rings. The van der Waals surface area contributed by atoms with E-state index >= 15 is 0 Å². The Morgan fingerprint density at radius 1 is 0.914 bits per heavy atom. The van der Waals surface area contributed by atoms with E-state index in [4.69, 9.17) is 4.74 Å². The van der Waals surface area contributed by atoms with Crippen molar-refractivity contribution in [2.24, 2.45) is 0 Å². The zero-order valence-electron chi connectivity index (χ0n) is 20.6. The number of carbonyl (C=O) groups excluding carboxylic acids is 2. The molecule has 1 aromatic heterocycles. The number of esters is 1. The Morgan fingerprint density at radius 2 is 1.63 bits per heavy atom. The smallest absolute Gasteiger partial charge is 0.337 e. The molecule has 1 amide bonds. The van der Waals surface area contributed by atoms with E-state index < -0.39 is 0 Å². The molecule has 4 aromatic rings. The van der Waals surface area contributed by atoms with Crippen LogP contribution in [0.2, 0.25) is 0 Å². The van der Waals surface area contributed by atoms with Gasteiger partial charge in [0.05, 0.1) is 12.7 Å². The van der Waals surface area contributed by atoms with Crippen LogP contribution in [0.3, 0.4) is 0 Å². The number of carbonyl (C=O) groups is 2. The van der Waals surface area contributed by atoms with E-state index in [1.165, 1.54) is 12.7 Å². The molecule has 3 aromatic carbocycles. The minimum Gasteiger partial charge on any atom is -0.465 e. The molecule has 0 bridgehead atoms. The summed E-state index contributed by atoms with van der Waals surface area (Å²) >= 11 is 0. The molecule has 0 spiro atoms. The third kappa shape index (κ3) is 5.62. The van der Waals surface area contributed by atoms with Gasteiger partial charge in [-0.2, -0.15) is 0 Å². The summed E-state index contributed by atoms with van der Waals surface area (Å²) in [6.45, 7) is 5.68. The number of methoxy groups -OCH3 is 1. The Kier molecular flexibility index (Phi) is 7.66. The average molecular weight is 469 g/mol. The molecule has 0 radical (unpaired) electrons. The molecule has 5 nitrogen and oxygen atoms in total. The summed E-state index contributed by atoms with van der Waals surface area (Å²) in [6, 6.07) is 23.8. The van der Waals surface area contributed by atoms with Crippen molar-refractivity contribution in [2.75, 3.05) is 13.7 Å². The van der Waals surface area contributed by atoms with Gasteiger partial charge in [0, 0.05) is 41.3 Å². The SMILES string of the molecule is COC(=O)c1ccc2c(-c3ccccc3)cn(CCCCNC(=O)c3ccc(C(C)C)cc3)c2c1. The molecule has 0 aliphatic heterocycles. The van der Waals surface area contributed by atoms with Crippen molar-refractivity contribution in [2.45, 2.75) is 39.2 Å². The van der Waals surface area contributed by atoms with Gasteiger partial charge in [-0.3, -0.25) is 4.79 Å². The maximum atomic E-state index is 12.5. The second kappa shape index (κ2) is 11.0. The maximum Gasteiger partial charge on any atom is 0.337 e. The summed E-state index contributed by atoms with van der Waals surface area (Å²) in [6.07, 6.45) is 3.90. The second-order valence-electron chi connectivity index (χ2n) is 9.07. The topological polar surface area (TPSA) is 60.3 Å². The number of hydrogen-bond acceptors (Lipinski definition) is 3. The van der Waals surface area contributed by atoms with E-state index in [2.05, 4.69) is 42.1 Å². The van der Waals surface area contributed by atoms with Gasteiger partial charge in [0.15, 0.2) is 0 Å². The fourth-order valence-electron chi connectivity index (χ4n) is 4.30. The van der Waals surface area contributed by atoms with Crippen LogP contribution in [0.5, 0.6) is 0 Å². The Bertz CT molecular complexity index is 1300. The predicted octanol–water partition coefficient (Wildman–Crippen LogP) is 6.43. The van der Waals surface area contributed by atoms with E-state index in [-0.39, 0.29) is 11.9 Å². The molecule has 1 N–H and O–H groups in total. The van der Waals surface area contributed by atoms with Gasteiger partial charge < -0.3 is 14.6 Å². The fourth-order valence-corrected chi connectivity index (χ4v) is 4.30. The number of benzene rings is 3. The van der Waals surface area contributed by atoms with E-state index in [0.717, 1.165) is 41.4 Å². The first-order valence-electron chi connectivity index (χ1n) is 12.1. The lowest BCUT2D eigenvalue weighted by atomic mass is 10.0. The summed E-state index contributed by atoms with van der Waals surface area (Å²) in [5.74, 6) is 0.0637. The van der Waals surface area contributed by atoms with Gasteiger partial charge in [-0.15, -0.1) is 0 Å². The largest absolute Gasteiger partial charge is 0.465 e. The van der Waals surface area contributed by atoms with Crippen molar-refractivity contribution < 1.29 is 14.3 Å². The lowest BCUT2D eigenvalue weighted by Crippen LogP contribution is -2.24. The maximum absolute atomic E-state index is 12.5. The molecule has 1 heterocycles. The average Bonchev–Trinajstić information content (AvgIpc) is 3.26. The first-order chi connectivity index (χ1) is 17.0. The summed E-state index contributed by atoms with van der Waals surface area (Å²) in [5.41, 5.74) is 5.73. The summed E-state index contributed by atoms with van der Waals surface area (Å²) in [4.78, 5) is 24.6. The number of unbranched alkanes of at least 4 members (excludes halogenated alkanes) is 1. The Morgan fingerprint density at radius 3 is 2.31 bits per heavy atom. The van der Waals surface area contributed by atoms with Crippen LogP contribution >= 0.6 is 0 Å². The van der Waals surface area contributed by atoms with Crippen molar-refractivity contribution in [1.29, 1.82) is 0 Å². The third-order valence-electron chi connectivity index (χ3n) is 6.34. The van der Waals surface area contributed by atoms with Crippen LogP contribution in [-0.2, 0) is 11.3 Å². The van der Waals surface area contributed by atoms with Gasteiger partial charge in [0.25, 0.3) is 5.91 Å². The van der Waals surface area contributed by atoms with E-state index in [0.29, 0.717) is 23.6 Å². The monoisotopic (exact) mass is 468 g/mol. The van der Waals surface area contributed by atoms with Crippen molar-refractivity contribution >= 4 is 22.8 Å². The van der Waals surface area contributed by atoms with Crippen LogP contribution in [0.1, 0.15) is 58.9 Å². The molecule has 180 valence electrons. The number of nitrogens with zero attached hydrogens (tertiary/aromatic N) is 1. The highest BCUT2D eigenvalue weighted by atomic mass is 16.5. The highest BCUT2D eigenvalue weighted by molar-refractivity contribution is 6.00. The molecule has 0 fully saturated rings. The quantitative estimate of drug-likeness (QED) is 0.227. The van der Waals surface area contributed by atoms with Gasteiger partial charge in [0.1, 0.15) is 0 Å². The number of aromatic nitrogens is 1. The van der Waals surface area contributed by atoms with Crippen LogP contribution in [0.25, 0.3) is 22.0 Å². The van der Waals surface area contributed by atoms with Crippen LogP contribution in [0, 0.1) is 0 Å². The zero-order chi connectivity index (χ0) is 24.8. The van der Waals surface area contributed by atoms with Gasteiger partial charge in [-0.05, 0) is 54.2 Å². The minimum absolute atomic E-state index is 0.0409. The number of rotatable bonds is 9. The molecular formula is C30H32N2O3. The Hall–Kier alpha value is -3.86. The first-order valence-corrected chi connectivity index (χ1v) is 12.1. The molecule has 5 heteroatoms. The molecule has 0 aliphatic carbocycles. The standard InChI is InChI=1S/C30H32N2O3/c1-21(2)22-11-13-24(14-12-22)29(33)31-17-7-8-18-32-20-27(23-9-5-4-6-10-23)26-16-15-25(19-28(26)32)30(34)35-3/h4-6,9-16,19-21H,7-8,17-18H2,1-3H3,(H,31,33). The summed E-state index contributed by atoms with van der Waals surface area (Å²) in [5, 5.41) is 4.12. The predicted molar refractivity (Wildman–Crippen MR) is 141 cm³/mol. The summed E-state index contributed by atoms with van der Waals surface area (Å²) in [7, 11) is 1.40. The lowest BCUT2D eigenvalue weighted by molar-refractivity contribution is 0.0600. The van der Waals surface area contributed by atoms with Crippen molar-refractivity contribution in [3.05, 3.63) is 95.7 Å². The number of aryl methyl sites for hydroxylation is 1. The number of fused-ring (bicyclic) bond motifs is 1. The van der Waals surface area contributed by atoms with Crippen LogP contribution in [0.15, 0.2) is 79.0 Å². The third-order valence-corrected chi connectivity index (χ3v) is 6.34. The van der Waals surface area contributed by atoms with Gasteiger partial charge in [-0.1, -0.05) is 62.4 Å². The number of amides is 1. The molecule has 35 heavy (non-hydrogen) atoms.